The zero-order chi connectivity index (χ0) is 14.0. The van der Waals surface area contributed by atoms with Crippen LogP contribution >= 0.6 is 0 Å². The summed E-state index contributed by atoms with van der Waals surface area (Å²) < 4.78 is 0. The Morgan fingerprint density at radius 1 is 1.37 bits per heavy atom. The van der Waals surface area contributed by atoms with E-state index in [0.717, 1.165) is 17.9 Å². The lowest BCUT2D eigenvalue weighted by molar-refractivity contribution is 0.0699. The molecule has 0 aliphatic carbocycles. The van der Waals surface area contributed by atoms with E-state index < -0.39 is 5.97 Å². The zero-order valence-electron chi connectivity index (χ0n) is 11.1. The number of hydrogen-bond acceptors (Lipinski definition) is 3. The Bertz CT molecular complexity index is 650. The number of pyridine rings is 1. The maximum Gasteiger partial charge on any atom is 0.336 e. The first-order chi connectivity index (χ1) is 8.99. The number of benzene rings is 1. The smallest absolute Gasteiger partial charge is 0.336 e. The predicted octanol–water partition coefficient (Wildman–Crippen LogP) is 2.95. The highest BCUT2D eigenvalue weighted by atomic mass is 16.4. The van der Waals surface area contributed by atoms with Crippen LogP contribution in [-0.4, -0.2) is 29.7 Å². The average Bonchev–Trinajstić information content (AvgIpc) is 2.36. The molecule has 98 valence electrons. The summed E-state index contributed by atoms with van der Waals surface area (Å²) in [5.74, 6) is -0.131. The fraction of sp³-hybridized carbons (Fsp3) is 0.200. The van der Waals surface area contributed by atoms with Gasteiger partial charge in [0.2, 0.25) is 0 Å². The lowest BCUT2D eigenvalue weighted by Gasteiger charge is -2.18. The van der Waals surface area contributed by atoms with E-state index in [4.69, 9.17) is 5.11 Å². The Morgan fingerprint density at radius 2 is 2.11 bits per heavy atom. The molecule has 2 rings (SSSR count). The largest absolute Gasteiger partial charge is 0.478 e. The number of fused-ring (bicyclic) bond motifs is 1. The van der Waals surface area contributed by atoms with Crippen molar-refractivity contribution >= 4 is 22.7 Å². The summed E-state index contributed by atoms with van der Waals surface area (Å²) in [6.07, 6.45) is 0. The van der Waals surface area contributed by atoms with Gasteiger partial charge in [-0.3, -0.25) is 0 Å². The highest BCUT2D eigenvalue weighted by Crippen LogP contribution is 2.21. The van der Waals surface area contributed by atoms with Crippen molar-refractivity contribution in [2.45, 2.75) is 6.92 Å². The molecular formula is C15H16N2O2. The molecule has 0 bridgehead atoms. The molecule has 0 radical (unpaired) electrons. The minimum Gasteiger partial charge on any atom is -0.478 e. The lowest BCUT2D eigenvalue weighted by atomic mass is 10.1. The van der Waals surface area contributed by atoms with Crippen LogP contribution in [0.2, 0.25) is 0 Å². The number of likely N-dealkylation sites (N-methyl/N-ethyl adjacent to an activating group) is 1. The number of anilines is 1. The summed E-state index contributed by atoms with van der Waals surface area (Å²) in [6.45, 7) is 6.55. The predicted molar refractivity (Wildman–Crippen MR) is 76.8 cm³/mol. The Hall–Kier alpha value is -2.36. The SMILES string of the molecule is C=C(C)CN(C)c1ccc2c(C(=O)O)cccc2n1. The monoisotopic (exact) mass is 256 g/mol. The number of rotatable bonds is 4. The first-order valence-corrected chi connectivity index (χ1v) is 5.97. The van der Waals surface area contributed by atoms with Crippen molar-refractivity contribution in [1.29, 1.82) is 0 Å². The number of aromatic carboxylic acids is 1. The van der Waals surface area contributed by atoms with E-state index in [2.05, 4.69) is 11.6 Å². The molecule has 0 atom stereocenters. The van der Waals surface area contributed by atoms with Crippen LogP contribution in [0.4, 0.5) is 5.82 Å². The second kappa shape index (κ2) is 5.10. The zero-order valence-corrected chi connectivity index (χ0v) is 11.1. The molecule has 0 aliphatic heterocycles. The standard InChI is InChI=1S/C15H16N2O2/c1-10(2)9-17(3)14-8-7-11-12(15(18)19)5-4-6-13(11)16-14/h4-8H,1,9H2,2-3H3,(H,18,19). The molecule has 0 saturated carbocycles. The van der Waals surface area contributed by atoms with E-state index in [1.165, 1.54) is 0 Å². The Balaban J connectivity index is 2.47. The van der Waals surface area contributed by atoms with Crippen molar-refractivity contribution in [3.8, 4) is 0 Å². The highest BCUT2D eigenvalue weighted by molar-refractivity contribution is 6.02. The number of hydrogen-bond donors (Lipinski definition) is 1. The van der Waals surface area contributed by atoms with E-state index in [9.17, 15) is 4.79 Å². The Morgan fingerprint density at radius 3 is 2.74 bits per heavy atom. The van der Waals surface area contributed by atoms with Gasteiger partial charge >= 0.3 is 5.97 Å². The normalized spacial score (nSPS) is 10.4. The van der Waals surface area contributed by atoms with Crippen molar-refractivity contribution in [3.63, 3.8) is 0 Å². The lowest BCUT2D eigenvalue weighted by Crippen LogP contribution is -2.20. The van der Waals surface area contributed by atoms with Crippen LogP contribution in [0.1, 0.15) is 17.3 Å². The molecule has 1 aromatic carbocycles. The van der Waals surface area contributed by atoms with Gasteiger partial charge in [0.25, 0.3) is 0 Å². The first-order valence-electron chi connectivity index (χ1n) is 5.97. The fourth-order valence-corrected chi connectivity index (χ4v) is 2.03. The third kappa shape index (κ3) is 2.73. The van der Waals surface area contributed by atoms with Crippen molar-refractivity contribution in [1.82, 2.24) is 4.98 Å². The van der Waals surface area contributed by atoms with Crippen molar-refractivity contribution < 1.29 is 9.90 Å². The van der Waals surface area contributed by atoms with Gasteiger partial charge in [0, 0.05) is 19.0 Å². The molecule has 1 N–H and O–H groups in total. The summed E-state index contributed by atoms with van der Waals surface area (Å²) in [5.41, 5.74) is 2.01. The molecule has 1 aromatic heterocycles. The summed E-state index contributed by atoms with van der Waals surface area (Å²) in [6, 6.07) is 8.75. The van der Waals surface area contributed by atoms with Gasteiger partial charge < -0.3 is 10.0 Å². The van der Waals surface area contributed by atoms with Gasteiger partial charge in [-0.05, 0) is 31.2 Å². The molecule has 0 amide bonds. The fourth-order valence-electron chi connectivity index (χ4n) is 2.03. The Labute approximate surface area is 112 Å². The second-order valence-corrected chi connectivity index (χ2v) is 4.66. The molecular weight excluding hydrogens is 240 g/mol. The van der Waals surface area contributed by atoms with Gasteiger partial charge in [0.1, 0.15) is 5.82 Å². The molecule has 4 nitrogen and oxygen atoms in total. The van der Waals surface area contributed by atoms with E-state index in [0.29, 0.717) is 10.9 Å². The molecule has 0 spiro atoms. The van der Waals surface area contributed by atoms with Crippen LogP contribution in [-0.2, 0) is 0 Å². The van der Waals surface area contributed by atoms with Crippen LogP contribution < -0.4 is 4.90 Å². The summed E-state index contributed by atoms with van der Waals surface area (Å²) in [4.78, 5) is 17.6. The van der Waals surface area contributed by atoms with Crippen LogP contribution in [0.15, 0.2) is 42.5 Å². The molecule has 0 aliphatic rings. The van der Waals surface area contributed by atoms with Crippen LogP contribution in [0.25, 0.3) is 10.9 Å². The molecule has 4 heteroatoms. The van der Waals surface area contributed by atoms with Crippen LogP contribution in [0, 0.1) is 0 Å². The minimum atomic E-state index is -0.935. The van der Waals surface area contributed by atoms with Crippen molar-refractivity contribution in [3.05, 3.63) is 48.0 Å². The van der Waals surface area contributed by atoms with Crippen molar-refractivity contribution in [2.75, 3.05) is 18.5 Å². The molecule has 0 unspecified atom stereocenters. The van der Waals surface area contributed by atoms with E-state index in [-0.39, 0.29) is 5.56 Å². The van der Waals surface area contributed by atoms with Crippen LogP contribution in [0.5, 0.6) is 0 Å². The van der Waals surface area contributed by atoms with E-state index >= 15 is 0 Å². The third-order valence-electron chi connectivity index (χ3n) is 2.85. The topological polar surface area (TPSA) is 53.4 Å². The second-order valence-electron chi connectivity index (χ2n) is 4.66. The number of aromatic nitrogens is 1. The molecule has 0 fully saturated rings. The maximum absolute atomic E-state index is 11.1. The number of carboxylic acids is 1. The molecule has 19 heavy (non-hydrogen) atoms. The van der Waals surface area contributed by atoms with Gasteiger partial charge in [-0.1, -0.05) is 18.2 Å². The summed E-state index contributed by atoms with van der Waals surface area (Å²) in [7, 11) is 1.93. The van der Waals surface area contributed by atoms with Gasteiger partial charge in [-0.25, -0.2) is 9.78 Å². The maximum atomic E-state index is 11.1. The minimum absolute atomic E-state index is 0.277. The van der Waals surface area contributed by atoms with Crippen molar-refractivity contribution in [2.24, 2.45) is 0 Å². The summed E-state index contributed by atoms with van der Waals surface area (Å²) in [5, 5.41) is 9.79. The molecule has 2 aromatic rings. The third-order valence-corrected chi connectivity index (χ3v) is 2.85. The van der Waals surface area contributed by atoms with Crippen LogP contribution in [0.3, 0.4) is 0 Å². The average molecular weight is 256 g/mol. The van der Waals surface area contributed by atoms with Gasteiger partial charge in [0.05, 0.1) is 11.1 Å². The summed E-state index contributed by atoms with van der Waals surface area (Å²) >= 11 is 0. The van der Waals surface area contributed by atoms with E-state index in [1.807, 2.05) is 31.0 Å². The van der Waals surface area contributed by atoms with E-state index in [1.54, 1.807) is 18.2 Å². The highest BCUT2D eigenvalue weighted by Gasteiger charge is 2.10. The molecule has 1 heterocycles. The van der Waals surface area contributed by atoms with Gasteiger partial charge in [0.15, 0.2) is 0 Å². The number of carbonyl (C=O) groups is 1. The van der Waals surface area contributed by atoms with Gasteiger partial charge in [-0.2, -0.15) is 0 Å². The van der Waals surface area contributed by atoms with Gasteiger partial charge in [-0.15, -0.1) is 0 Å². The quantitative estimate of drug-likeness (QED) is 0.854. The Kier molecular flexibility index (Phi) is 3.51. The molecule has 0 saturated heterocycles. The number of nitrogens with zero attached hydrogens (tertiary/aromatic N) is 2. The number of carboxylic acid groups (broad SMARTS) is 1. The first kappa shape index (κ1) is 13.1.